The molecule has 0 amide bonds. The first-order valence-electron chi connectivity index (χ1n) is 7.10. The molecular formula is C15H20N4O. The van der Waals surface area contributed by atoms with Crippen molar-refractivity contribution in [1.82, 2.24) is 20.1 Å². The predicted octanol–water partition coefficient (Wildman–Crippen LogP) is 1.93. The number of fused-ring (bicyclic) bond motifs is 1. The molecule has 1 unspecified atom stereocenters. The molecular weight excluding hydrogens is 252 g/mol. The van der Waals surface area contributed by atoms with E-state index in [4.69, 9.17) is 4.74 Å². The molecule has 1 aliphatic heterocycles. The summed E-state index contributed by atoms with van der Waals surface area (Å²) in [5.41, 5.74) is 1.23. The molecule has 1 atom stereocenters. The standard InChI is InChI=1S/C15H20N4O/c1-3-13-15-18-17-14(19(15)9-8-16-13)10-11-4-6-12(20-2)7-5-11/h4-7,13,16H,3,8-10H2,1-2H3. The monoisotopic (exact) mass is 272 g/mol. The van der Waals surface area contributed by atoms with Crippen LogP contribution in [0, 0.1) is 0 Å². The predicted molar refractivity (Wildman–Crippen MR) is 76.9 cm³/mol. The molecule has 0 bridgehead atoms. The van der Waals surface area contributed by atoms with Crippen LogP contribution in [0.4, 0.5) is 0 Å². The Labute approximate surface area is 119 Å². The second-order valence-electron chi connectivity index (χ2n) is 5.07. The van der Waals surface area contributed by atoms with Crippen LogP contribution in [-0.2, 0) is 13.0 Å². The molecule has 1 aromatic carbocycles. The topological polar surface area (TPSA) is 52.0 Å². The number of rotatable bonds is 4. The van der Waals surface area contributed by atoms with Gasteiger partial charge in [-0.1, -0.05) is 19.1 Å². The van der Waals surface area contributed by atoms with E-state index in [-0.39, 0.29) is 0 Å². The van der Waals surface area contributed by atoms with Crippen LogP contribution >= 0.6 is 0 Å². The highest BCUT2D eigenvalue weighted by Gasteiger charge is 2.23. The SMILES string of the molecule is CCC1NCCn2c(Cc3ccc(OC)cc3)nnc21. The van der Waals surface area contributed by atoms with Crippen molar-refractivity contribution >= 4 is 0 Å². The Hall–Kier alpha value is -1.88. The quantitative estimate of drug-likeness (QED) is 0.924. The third-order valence-corrected chi connectivity index (χ3v) is 3.82. The molecule has 20 heavy (non-hydrogen) atoms. The summed E-state index contributed by atoms with van der Waals surface area (Å²) in [4.78, 5) is 0. The van der Waals surface area contributed by atoms with Crippen molar-refractivity contribution in [2.45, 2.75) is 32.4 Å². The summed E-state index contributed by atoms with van der Waals surface area (Å²) in [5, 5.41) is 12.2. The first-order chi connectivity index (χ1) is 9.81. The van der Waals surface area contributed by atoms with Crippen LogP contribution in [0.3, 0.4) is 0 Å². The van der Waals surface area contributed by atoms with Crippen LogP contribution in [0.15, 0.2) is 24.3 Å². The summed E-state index contributed by atoms with van der Waals surface area (Å²) in [7, 11) is 1.68. The van der Waals surface area contributed by atoms with E-state index in [2.05, 4.69) is 39.1 Å². The van der Waals surface area contributed by atoms with Crippen molar-refractivity contribution in [3.05, 3.63) is 41.5 Å². The van der Waals surface area contributed by atoms with Gasteiger partial charge in [0.05, 0.1) is 13.2 Å². The second kappa shape index (κ2) is 5.63. The van der Waals surface area contributed by atoms with Gasteiger partial charge in [0.25, 0.3) is 0 Å². The van der Waals surface area contributed by atoms with E-state index in [0.717, 1.165) is 43.3 Å². The lowest BCUT2D eigenvalue weighted by Gasteiger charge is -2.24. The molecule has 1 N–H and O–H groups in total. The van der Waals surface area contributed by atoms with Crippen molar-refractivity contribution in [3.63, 3.8) is 0 Å². The van der Waals surface area contributed by atoms with Gasteiger partial charge in [-0.3, -0.25) is 0 Å². The molecule has 5 heteroatoms. The van der Waals surface area contributed by atoms with Gasteiger partial charge in [0.1, 0.15) is 17.4 Å². The summed E-state index contributed by atoms with van der Waals surface area (Å²) in [6.45, 7) is 4.11. The van der Waals surface area contributed by atoms with Gasteiger partial charge < -0.3 is 14.6 Å². The van der Waals surface area contributed by atoms with Crippen LogP contribution in [-0.4, -0.2) is 28.4 Å². The number of nitrogens with one attached hydrogen (secondary N) is 1. The Morgan fingerprint density at radius 3 is 2.80 bits per heavy atom. The molecule has 1 aliphatic rings. The van der Waals surface area contributed by atoms with Gasteiger partial charge in [-0.15, -0.1) is 10.2 Å². The van der Waals surface area contributed by atoms with Crippen LogP contribution in [0.1, 0.15) is 36.6 Å². The van der Waals surface area contributed by atoms with Gasteiger partial charge in [0.15, 0.2) is 0 Å². The molecule has 106 valence electrons. The summed E-state index contributed by atoms with van der Waals surface area (Å²) in [6.07, 6.45) is 1.86. The van der Waals surface area contributed by atoms with Gasteiger partial charge in [0.2, 0.25) is 0 Å². The lowest BCUT2D eigenvalue weighted by molar-refractivity contribution is 0.401. The van der Waals surface area contributed by atoms with Crippen molar-refractivity contribution < 1.29 is 4.74 Å². The fourth-order valence-corrected chi connectivity index (χ4v) is 2.68. The van der Waals surface area contributed by atoms with Gasteiger partial charge in [0, 0.05) is 19.5 Å². The van der Waals surface area contributed by atoms with Crippen molar-refractivity contribution in [2.75, 3.05) is 13.7 Å². The minimum Gasteiger partial charge on any atom is -0.497 e. The summed E-state index contributed by atoms with van der Waals surface area (Å²) < 4.78 is 7.44. The third kappa shape index (κ3) is 2.41. The molecule has 0 spiro atoms. The lowest BCUT2D eigenvalue weighted by atomic mass is 10.1. The Morgan fingerprint density at radius 2 is 2.10 bits per heavy atom. The molecule has 1 aromatic heterocycles. The Morgan fingerprint density at radius 1 is 1.30 bits per heavy atom. The fraction of sp³-hybridized carbons (Fsp3) is 0.467. The fourth-order valence-electron chi connectivity index (χ4n) is 2.68. The number of hydrogen-bond acceptors (Lipinski definition) is 4. The smallest absolute Gasteiger partial charge is 0.150 e. The number of ether oxygens (including phenoxy) is 1. The molecule has 2 aromatic rings. The minimum atomic E-state index is 0.334. The molecule has 5 nitrogen and oxygen atoms in total. The number of methoxy groups -OCH3 is 1. The first-order valence-corrected chi connectivity index (χ1v) is 7.10. The highest BCUT2D eigenvalue weighted by atomic mass is 16.5. The van der Waals surface area contributed by atoms with Crippen molar-refractivity contribution in [2.24, 2.45) is 0 Å². The maximum atomic E-state index is 5.18. The average Bonchev–Trinajstić information content (AvgIpc) is 2.91. The summed E-state index contributed by atoms with van der Waals surface area (Å²) >= 11 is 0. The third-order valence-electron chi connectivity index (χ3n) is 3.82. The van der Waals surface area contributed by atoms with Crippen molar-refractivity contribution in [3.8, 4) is 5.75 Å². The van der Waals surface area contributed by atoms with E-state index in [1.807, 2.05) is 12.1 Å². The molecule has 3 rings (SSSR count). The second-order valence-corrected chi connectivity index (χ2v) is 5.07. The zero-order valence-corrected chi connectivity index (χ0v) is 12.0. The van der Waals surface area contributed by atoms with Crippen LogP contribution in [0.25, 0.3) is 0 Å². The zero-order chi connectivity index (χ0) is 13.9. The van der Waals surface area contributed by atoms with E-state index in [1.54, 1.807) is 7.11 Å². The van der Waals surface area contributed by atoms with Gasteiger partial charge in [-0.25, -0.2) is 0 Å². The average molecular weight is 272 g/mol. The van der Waals surface area contributed by atoms with Crippen LogP contribution in [0.5, 0.6) is 5.75 Å². The molecule has 0 radical (unpaired) electrons. The van der Waals surface area contributed by atoms with Gasteiger partial charge >= 0.3 is 0 Å². The lowest BCUT2D eigenvalue weighted by Crippen LogP contribution is -2.33. The van der Waals surface area contributed by atoms with E-state index in [1.165, 1.54) is 5.56 Å². The first kappa shape index (κ1) is 13.1. The largest absolute Gasteiger partial charge is 0.497 e. The Bertz CT molecular complexity index is 576. The van der Waals surface area contributed by atoms with E-state index in [0.29, 0.717) is 6.04 Å². The maximum Gasteiger partial charge on any atom is 0.150 e. The summed E-state index contributed by atoms with van der Waals surface area (Å²) in [6, 6.07) is 8.47. The summed E-state index contributed by atoms with van der Waals surface area (Å²) in [5.74, 6) is 3.00. The highest BCUT2D eigenvalue weighted by Crippen LogP contribution is 2.21. The number of aromatic nitrogens is 3. The number of hydrogen-bond donors (Lipinski definition) is 1. The molecule has 0 fully saturated rings. The molecule has 0 saturated heterocycles. The number of nitrogens with zero attached hydrogens (tertiary/aromatic N) is 3. The van der Waals surface area contributed by atoms with Crippen molar-refractivity contribution in [1.29, 1.82) is 0 Å². The highest BCUT2D eigenvalue weighted by molar-refractivity contribution is 5.29. The van der Waals surface area contributed by atoms with E-state index >= 15 is 0 Å². The van der Waals surface area contributed by atoms with E-state index < -0.39 is 0 Å². The number of benzene rings is 1. The van der Waals surface area contributed by atoms with E-state index in [9.17, 15) is 0 Å². The van der Waals surface area contributed by atoms with Gasteiger partial charge in [-0.2, -0.15) is 0 Å². The molecule has 2 heterocycles. The molecule has 0 saturated carbocycles. The maximum absolute atomic E-state index is 5.18. The zero-order valence-electron chi connectivity index (χ0n) is 12.0. The van der Waals surface area contributed by atoms with Crippen LogP contribution in [0.2, 0.25) is 0 Å². The normalized spacial score (nSPS) is 17.8. The minimum absolute atomic E-state index is 0.334. The molecule has 0 aliphatic carbocycles. The van der Waals surface area contributed by atoms with Gasteiger partial charge in [-0.05, 0) is 24.1 Å². The Kier molecular flexibility index (Phi) is 3.69. The van der Waals surface area contributed by atoms with Crippen LogP contribution < -0.4 is 10.1 Å². The Balaban J connectivity index is 1.82.